The van der Waals surface area contributed by atoms with Crippen LogP contribution in [-0.2, 0) is 12.7 Å². The minimum absolute atomic E-state index is 0.164. The summed E-state index contributed by atoms with van der Waals surface area (Å²) in [4.78, 5) is 20.8. The molecule has 0 saturated carbocycles. The zero-order chi connectivity index (χ0) is 22.6. The van der Waals surface area contributed by atoms with Crippen molar-refractivity contribution < 1.29 is 22.4 Å². The monoisotopic (exact) mass is 440 g/mol. The van der Waals surface area contributed by atoms with Crippen LogP contribution >= 0.6 is 0 Å². The van der Waals surface area contributed by atoms with Crippen molar-refractivity contribution in [1.82, 2.24) is 14.9 Å². The van der Waals surface area contributed by atoms with Gasteiger partial charge in [0.1, 0.15) is 11.5 Å². The maximum Gasteiger partial charge on any atom is 0.419 e. The number of H-pyrrole nitrogens is 1. The van der Waals surface area contributed by atoms with E-state index in [1.807, 2.05) is 0 Å². The number of amides is 1. The second-order valence-electron chi connectivity index (χ2n) is 7.61. The number of nitrogens with one attached hydrogen (secondary N) is 2. The summed E-state index contributed by atoms with van der Waals surface area (Å²) >= 11 is 0. The highest BCUT2D eigenvalue weighted by atomic mass is 19.4. The number of hydrogen-bond donors (Lipinski definition) is 2. The summed E-state index contributed by atoms with van der Waals surface area (Å²) in [5.74, 6) is -0.595. The Labute approximate surface area is 179 Å². The Bertz CT molecular complexity index is 1360. The van der Waals surface area contributed by atoms with Crippen molar-refractivity contribution in [2.24, 2.45) is 0 Å². The van der Waals surface area contributed by atoms with Crippen LogP contribution in [-0.4, -0.2) is 27.8 Å². The van der Waals surface area contributed by atoms with Gasteiger partial charge >= 0.3 is 6.18 Å². The van der Waals surface area contributed by atoms with Crippen LogP contribution in [0.4, 0.5) is 28.9 Å². The molecule has 5 rings (SSSR count). The third-order valence-electron chi connectivity index (χ3n) is 5.53. The average molecular weight is 440 g/mol. The lowest BCUT2D eigenvalue weighted by molar-refractivity contribution is -0.137. The summed E-state index contributed by atoms with van der Waals surface area (Å²) in [7, 11) is 1.64. The number of anilines is 2. The van der Waals surface area contributed by atoms with Gasteiger partial charge in [0.05, 0.1) is 11.3 Å². The van der Waals surface area contributed by atoms with E-state index >= 15 is 0 Å². The fraction of sp³-hybridized carbons (Fsp3) is 0.130. The molecule has 0 aliphatic carbocycles. The van der Waals surface area contributed by atoms with Gasteiger partial charge in [-0.25, -0.2) is 9.37 Å². The highest BCUT2D eigenvalue weighted by Crippen LogP contribution is 2.42. The molecule has 0 radical (unpaired) electrons. The van der Waals surface area contributed by atoms with Gasteiger partial charge in [-0.1, -0.05) is 6.07 Å². The molecule has 0 saturated heterocycles. The molecule has 4 aromatic rings. The molecule has 0 atom stereocenters. The Kier molecular flexibility index (Phi) is 4.44. The third-order valence-corrected chi connectivity index (χ3v) is 5.53. The Morgan fingerprint density at radius 3 is 2.59 bits per heavy atom. The van der Waals surface area contributed by atoms with Crippen LogP contribution in [0.25, 0.3) is 22.3 Å². The zero-order valence-electron chi connectivity index (χ0n) is 16.7. The van der Waals surface area contributed by atoms with Crippen molar-refractivity contribution in [1.29, 1.82) is 0 Å². The van der Waals surface area contributed by atoms with E-state index in [4.69, 9.17) is 0 Å². The van der Waals surface area contributed by atoms with Crippen molar-refractivity contribution in [2.45, 2.75) is 12.7 Å². The Morgan fingerprint density at radius 1 is 1.12 bits per heavy atom. The van der Waals surface area contributed by atoms with E-state index in [0.29, 0.717) is 34.6 Å². The molecule has 1 amide bonds. The molecular formula is C23H16F4N4O. The maximum absolute atomic E-state index is 13.9. The van der Waals surface area contributed by atoms with Gasteiger partial charge in [-0.05, 0) is 48.0 Å². The van der Waals surface area contributed by atoms with E-state index < -0.39 is 17.6 Å². The fourth-order valence-electron chi connectivity index (χ4n) is 3.93. The molecule has 1 aliphatic heterocycles. The molecule has 1 aliphatic rings. The molecule has 2 aromatic carbocycles. The summed E-state index contributed by atoms with van der Waals surface area (Å²) in [6.07, 6.45) is -3.88. The highest BCUT2D eigenvalue weighted by molar-refractivity contribution is 6.01. The van der Waals surface area contributed by atoms with Crippen LogP contribution in [0.3, 0.4) is 0 Å². The number of halogens is 4. The molecule has 9 heteroatoms. The maximum atomic E-state index is 13.9. The summed E-state index contributed by atoms with van der Waals surface area (Å²) < 4.78 is 54.8. The Morgan fingerprint density at radius 2 is 1.88 bits per heavy atom. The van der Waals surface area contributed by atoms with Crippen LogP contribution in [0, 0.1) is 5.82 Å². The lowest BCUT2D eigenvalue weighted by Crippen LogP contribution is -2.17. The van der Waals surface area contributed by atoms with E-state index in [-0.39, 0.29) is 22.6 Å². The summed E-state index contributed by atoms with van der Waals surface area (Å²) in [5, 5.41) is 3.15. The lowest BCUT2D eigenvalue weighted by atomic mass is 10.1. The second-order valence-corrected chi connectivity index (χ2v) is 7.61. The molecule has 2 aromatic heterocycles. The van der Waals surface area contributed by atoms with Gasteiger partial charge < -0.3 is 15.2 Å². The number of rotatable bonds is 3. The number of hydrogen-bond acceptors (Lipinski definition) is 3. The predicted molar refractivity (Wildman–Crippen MR) is 112 cm³/mol. The van der Waals surface area contributed by atoms with Gasteiger partial charge in [0.2, 0.25) is 0 Å². The Balaban J connectivity index is 1.68. The van der Waals surface area contributed by atoms with Gasteiger partial charge in [0.15, 0.2) is 0 Å². The van der Waals surface area contributed by atoms with Crippen molar-refractivity contribution in [2.75, 3.05) is 12.4 Å². The highest BCUT2D eigenvalue weighted by Gasteiger charge is 2.36. The van der Waals surface area contributed by atoms with E-state index in [2.05, 4.69) is 15.3 Å². The lowest BCUT2D eigenvalue weighted by Gasteiger charge is -2.17. The number of aromatic nitrogens is 2. The first-order chi connectivity index (χ1) is 15.2. The van der Waals surface area contributed by atoms with Crippen molar-refractivity contribution in [3.05, 3.63) is 77.2 Å². The van der Waals surface area contributed by atoms with Gasteiger partial charge in [-0.2, -0.15) is 13.2 Å². The Hall–Kier alpha value is -3.88. The van der Waals surface area contributed by atoms with Crippen molar-refractivity contribution in [3.63, 3.8) is 0 Å². The number of carbonyl (C=O) groups excluding carboxylic acids is 1. The van der Waals surface area contributed by atoms with Crippen LogP contribution in [0.15, 0.2) is 54.7 Å². The average Bonchev–Trinajstić information content (AvgIpc) is 3.30. The minimum Gasteiger partial charge on any atom is -0.354 e. The number of pyridine rings is 1. The molecule has 3 heterocycles. The first-order valence-electron chi connectivity index (χ1n) is 9.71. The first-order valence-corrected chi connectivity index (χ1v) is 9.71. The second kappa shape index (κ2) is 7.08. The van der Waals surface area contributed by atoms with E-state index in [1.54, 1.807) is 31.3 Å². The van der Waals surface area contributed by atoms with E-state index in [9.17, 15) is 22.4 Å². The smallest absolute Gasteiger partial charge is 0.354 e. The van der Waals surface area contributed by atoms with E-state index in [0.717, 1.165) is 6.20 Å². The van der Waals surface area contributed by atoms with Crippen LogP contribution in [0.2, 0.25) is 0 Å². The summed E-state index contributed by atoms with van der Waals surface area (Å²) in [5.41, 5.74) is 1.78. The zero-order valence-corrected chi connectivity index (χ0v) is 16.7. The summed E-state index contributed by atoms with van der Waals surface area (Å²) in [6, 6.07) is 12.1. The first kappa shape index (κ1) is 20.0. The molecule has 0 spiro atoms. The summed E-state index contributed by atoms with van der Waals surface area (Å²) in [6.45, 7) is 0.293. The van der Waals surface area contributed by atoms with E-state index in [1.165, 1.54) is 29.2 Å². The van der Waals surface area contributed by atoms with Crippen LogP contribution < -0.4 is 5.32 Å². The molecule has 0 fully saturated rings. The normalized spacial score (nSPS) is 13.7. The number of aromatic amines is 1. The van der Waals surface area contributed by atoms with Crippen LogP contribution in [0.1, 0.15) is 21.5 Å². The number of carbonyl (C=O) groups is 1. The minimum atomic E-state index is -4.65. The van der Waals surface area contributed by atoms with Crippen molar-refractivity contribution >= 4 is 28.3 Å². The van der Waals surface area contributed by atoms with Gasteiger partial charge in [-0.3, -0.25) is 4.79 Å². The molecule has 0 unspecified atom stereocenters. The molecule has 162 valence electrons. The number of nitrogens with zero attached hydrogens (tertiary/aromatic N) is 2. The molecule has 5 nitrogen and oxygen atoms in total. The van der Waals surface area contributed by atoms with Gasteiger partial charge in [0, 0.05) is 47.7 Å². The van der Waals surface area contributed by atoms with Gasteiger partial charge in [-0.15, -0.1) is 0 Å². The number of fused-ring (bicyclic) bond motifs is 2. The fourth-order valence-corrected chi connectivity index (χ4v) is 3.93. The third kappa shape index (κ3) is 3.26. The predicted octanol–water partition coefficient (Wildman–Crippen LogP) is 5.72. The largest absolute Gasteiger partial charge is 0.419 e. The van der Waals surface area contributed by atoms with Crippen molar-refractivity contribution in [3.8, 4) is 11.3 Å². The molecule has 2 N–H and O–H groups in total. The van der Waals surface area contributed by atoms with Crippen LogP contribution in [0.5, 0.6) is 0 Å². The topological polar surface area (TPSA) is 61.0 Å². The molecule has 0 bridgehead atoms. The number of benzene rings is 2. The standard InChI is InChI=1S/C23H16F4N4O/c1-31-11-16-14(22(31)32)3-2-4-18(16)29-20-15-9-19(12-5-7-13(24)8-6-12)30-21(15)28-10-17(20)23(25,26)27/h2-10H,11H2,1H3,(H2,28,29,30). The SMILES string of the molecule is CN1Cc2c(Nc3c(C(F)(F)F)cnc4[nH]c(-c5ccc(F)cc5)cc34)cccc2C1=O. The quantitative estimate of drug-likeness (QED) is 0.401. The molecule has 32 heavy (non-hydrogen) atoms. The van der Waals surface area contributed by atoms with Gasteiger partial charge in [0.25, 0.3) is 5.91 Å². The number of alkyl halides is 3. The molecular weight excluding hydrogens is 424 g/mol.